The molecule has 1 heterocycles. The monoisotopic (exact) mass is 340 g/mol. The largest absolute Gasteiger partial charge is 0.489 e. The highest BCUT2D eigenvalue weighted by atomic mass is 16.5. The summed E-state index contributed by atoms with van der Waals surface area (Å²) in [6.45, 7) is 5.94. The van der Waals surface area contributed by atoms with Crippen LogP contribution in [0.1, 0.15) is 50.7 Å². The van der Waals surface area contributed by atoms with Crippen molar-refractivity contribution in [3.05, 3.63) is 41.5 Å². The van der Waals surface area contributed by atoms with E-state index in [1.807, 2.05) is 26.0 Å². The van der Waals surface area contributed by atoms with Crippen LogP contribution in [0.5, 0.6) is 5.75 Å². The van der Waals surface area contributed by atoms with E-state index in [9.17, 15) is 10.2 Å². The van der Waals surface area contributed by atoms with E-state index >= 15 is 0 Å². The second-order valence-electron chi connectivity index (χ2n) is 7.24. The van der Waals surface area contributed by atoms with Crippen molar-refractivity contribution in [1.29, 1.82) is 0 Å². The third kappa shape index (κ3) is 3.47. The molecule has 0 radical (unpaired) electrons. The lowest BCUT2D eigenvalue weighted by Gasteiger charge is -2.19. The quantitative estimate of drug-likeness (QED) is 0.638. The van der Waals surface area contributed by atoms with Crippen LogP contribution in [0.4, 0.5) is 0 Å². The number of ether oxygens (including phenoxy) is 1. The number of aliphatic hydroxyl groups excluding tert-OH is 2. The van der Waals surface area contributed by atoms with Gasteiger partial charge in [0.05, 0.1) is 12.2 Å². The average Bonchev–Trinajstić information content (AvgIpc) is 3.12. The van der Waals surface area contributed by atoms with Crippen LogP contribution in [-0.4, -0.2) is 28.5 Å². The number of hydrogen-bond donors (Lipinski definition) is 2. The van der Waals surface area contributed by atoms with Crippen molar-refractivity contribution in [2.75, 3.05) is 0 Å². The normalized spacial score (nSPS) is 29.5. The van der Waals surface area contributed by atoms with Gasteiger partial charge in [0.15, 0.2) is 0 Å². The molecule has 0 amide bonds. The van der Waals surface area contributed by atoms with Crippen molar-refractivity contribution < 1.29 is 14.9 Å². The Hall–Kier alpha value is -1.76. The fourth-order valence-corrected chi connectivity index (χ4v) is 4.06. The second-order valence-corrected chi connectivity index (χ2v) is 7.24. The molecular weight excluding hydrogens is 312 g/mol. The molecule has 0 unspecified atom stereocenters. The molecule has 6 atom stereocenters. The summed E-state index contributed by atoms with van der Waals surface area (Å²) in [6.07, 6.45) is 5.15. The number of fused-ring (bicyclic) bond motifs is 3. The van der Waals surface area contributed by atoms with Crippen LogP contribution in [-0.2, 0) is 6.42 Å². The Balaban J connectivity index is 1.79. The zero-order valence-corrected chi connectivity index (χ0v) is 15.3. The van der Waals surface area contributed by atoms with Crippen molar-refractivity contribution in [1.82, 2.24) is 0 Å². The molecule has 0 spiro atoms. The van der Waals surface area contributed by atoms with Crippen LogP contribution in [0, 0.1) is 23.7 Å². The molecule has 25 heavy (non-hydrogen) atoms. The van der Waals surface area contributed by atoms with Crippen LogP contribution in [0.2, 0.25) is 0 Å². The molecule has 1 aliphatic carbocycles. The van der Waals surface area contributed by atoms with E-state index < -0.39 is 12.2 Å². The predicted molar refractivity (Wildman–Crippen MR) is 99.5 cm³/mol. The van der Waals surface area contributed by atoms with E-state index in [1.54, 1.807) is 0 Å². The van der Waals surface area contributed by atoms with Gasteiger partial charge in [0.1, 0.15) is 11.9 Å². The highest BCUT2D eigenvalue weighted by Crippen LogP contribution is 2.51. The lowest BCUT2D eigenvalue weighted by atomic mass is 9.86. The summed E-state index contributed by atoms with van der Waals surface area (Å²) < 4.78 is 6.19. The number of para-hydroxylation sites is 1. The van der Waals surface area contributed by atoms with Gasteiger partial charge in [0.25, 0.3) is 0 Å². The smallest absolute Gasteiger partial charge is 0.126 e. The van der Waals surface area contributed by atoms with Crippen LogP contribution < -0.4 is 4.74 Å². The number of rotatable bonds is 5. The van der Waals surface area contributed by atoms with E-state index in [4.69, 9.17) is 4.74 Å². The topological polar surface area (TPSA) is 49.7 Å². The minimum absolute atomic E-state index is 0.0162. The third-order valence-electron chi connectivity index (χ3n) is 5.58. The first kappa shape index (κ1) is 18.0. The van der Waals surface area contributed by atoms with Gasteiger partial charge in [-0.05, 0) is 24.8 Å². The summed E-state index contributed by atoms with van der Waals surface area (Å²) >= 11 is 0. The number of aryl methyl sites for hydroxylation is 1. The van der Waals surface area contributed by atoms with Crippen LogP contribution in [0.15, 0.2) is 30.4 Å². The Bertz CT molecular complexity index is 697. The molecule has 0 aromatic heterocycles. The lowest BCUT2D eigenvalue weighted by Crippen LogP contribution is -2.19. The van der Waals surface area contributed by atoms with Crippen LogP contribution >= 0.6 is 0 Å². The summed E-state index contributed by atoms with van der Waals surface area (Å²) in [4.78, 5) is 0. The number of benzene rings is 1. The number of hydrogen-bond acceptors (Lipinski definition) is 3. The second kappa shape index (κ2) is 7.64. The van der Waals surface area contributed by atoms with Gasteiger partial charge in [-0.2, -0.15) is 0 Å². The van der Waals surface area contributed by atoms with Gasteiger partial charge in [-0.3, -0.25) is 0 Å². The predicted octanol–water partition coefficient (Wildman–Crippen LogP) is 3.44. The molecule has 3 heteroatoms. The lowest BCUT2D eigenvalue weighted by molar-refractivity contribution is 0.134. The molecule has 3 nitrogen and oxygen atoms in total. The van der Waals surface area contributed by atoms with E-state index in [0.29, 0.717) is 12.8 Å². The summed E-state index contributed by atoms with van der Waals surface area (Å²) in [7, 11) is 0. The molecule has 0 saturated heterocycles. The minimum atomic E-state index is -0.545. The van der Waals surface area contributed by atoms with Crippen molar-refractivity contribution in [2.45, 2.75) is 64.3 Å². The zero-order chi connectivity index (χ0) is 18.0. The first-order valence-electron chi connectivity index (χ1n) is 9.29. The van der Waals surface area contributed by atoms with Gasteiger partial charge in [-0.15, -0.1) is 11.8 Å². The first-order chi connectivity index (χ1) is 12.1. The molecular formula is C22H28O3. The maximum absolute atomic E-state index is 10.5. The Morgan fingerprint density at radius 1 is 1.40 bits per heavy atom. The molecule has 134 valence electrons. The van der Waals surface area contributed by atoms with Crippen molar-refractivity contribution >= 4 is 0 Å². The highest BCUT2D eigenvalue weighted by molar-refractivity contribution is 5.49. The van der Waals surface area contributed by atoms with Gasteiger partial charge < -0.3 is 14.9 Å². The van der Waals surface area contributed by atoms with Crippen LogP contribution in [0.3, 0.4) is 0 Å². The highest BCUT2D eigenvalue weighted by Gasteiger charge is 2.48. The van der Waals surface area contributed by atoms with Gasteiger partial charge in [-0.25, -0.2) is 0 Å². The maximum Gasteiger partial charge on any atom is 0.126 e. The summed E-state index contributed by atoms with van der Waals surface area (Å²) in [6, 6.07) is 6.31. The summed E-state index contributed by atoms with van der Waals surface area (Å²) in [5.41, 5.74) is 2.44. The van der Waals surface area contributed by atoms with E-state index in [1.165, 1.54) is 11.1 Å². The van der Waals surface area contributed by atoms with E-state index in [0.717, 1.165) is 12.2 Å². The summed E-state index contributed by atoms with van der Waals surface area (Å²) in [5.74, 6) is 7.13. The summed E-state index contributed by atoms with van der Waals surface area (Å²) in [5, 5.41) is 20.8. The van der Waals surface area contributed by atoms with Crippen molar-refractivity contribution in [3.63, 3.8) is 0 Å². The van der Waals surface area contributed by atoms with Gasteiger partial charge in [0, 0.05) is 30.2 Å². The van der Waals surface area contributed by atoms with Gasteiger partial charge in [-0.1, -0.05) is 44.2 Å². The minimum Gasteiger partial charge on any atom is -0.489 e. The zero-order valence-electron chi connectivity index (χ0n) is 15.3. The molecule has 1 aromatic carbocycles. The molecule has 1 saturated carbocycles. The average molecular weight is 340 g/mol. The molecule has 3 rings (SSSR count). The molecule has 1 fully saturated rings. The fraction of sp³-hybridized carbons (Fsp3) is 0.545. The van der Waals surface area contributed by atoms with Crippen molar-refractivity contribution in [3.8, 4) is 17.6 Å². The van der Waals surface area contributed by atoms with Gasteiger partial charge in [0.2, 0.25) is 0 Å². The Morgan fingerprint density at radius 2 is 2.20 bits per heavy atom. The standard InChI is InChI=1S/C22H28O3/c1-4-6-8-14(3)18(23)12-11-16-19(24)13-20-21(16)17-10-7-9-15(5-2)22(17)25-20/h7,9-12,14,16,18-21,23-24H,5,8,13H2,1-3H3/t14-,16+,18+,19-,20+,21+/m1/s1. The molecule has 1 aromatic rings. The SMILES string of the molecule is CC#CC[C@@H](C)[C@@H](O)C=C[C@@H]1[C@H]2c3cccc(CC)c3O[C@H]2C[C@H]1O. The molecule has 2 N–H and O–H groups in total. The Morgan fingerprint density at radius 3 is 2.92 bits per heavy atom. The van der Waals surface area contributed by atoms with Crippen molar-refractivity contribution in [2.24, 2.45) is 11.8 Å². The van der Waals surface area contributed by atoms with E-state index in [2.05, 4.69) is 37.0 Å². The van der Waals surface area contributed by atoms with Crippen LogP contribution in [0.25, 0.3) is 0 Å². The first-order valence-corrected chi connectivity index (χ1v) is 9.29. The Kier molecular flexibility index (Phi) is 5.51. The molecule has 2 aliphatic rings. The molecule has 0 bridgehead atoms. The van der Waals surface area contributed by atoms with E-state index in [-0.39, 0.29) is 23.9 Å². The molecule has 1 aliphatic heterocycles. The van der Waals surface area contributed by atoms with Gasteiger partial charge >= 0.3 is 0 Å². The number of aliphatic hydroxyl groups is 2. The Labute approximate surface area is 150 Å². The third-order valence-corrected chi connectivity index (χ3v) is 5.58. The fourth-order valence-electron chi connectivity index (χ4n) is 4.06. The maximum atomic E-state index is 10.5.